The minimum absolute atomic E-state index is 0.105. The topological polar surface area (TPSA) is 74.2 Å². The van der Waals surface area contributed by atoms with Gasteiger partial charge in [-0.05, 0) is 44.5 Å². The number of benzene rings is 2. The van der Waals surface area contributed by atoms with Crippen molar-refractivity contribution in [1.82, 2.24) is 0 Å². The largest absolute Gasteiger partial charge is 0.507 e. The molecule has 0 aliphatic heterocycles. The molecule has 2 aromatic carbocycles. The van der Waals surface area contributed by atoms with E-state index in [1.807, 2.05) is 13.0 Å². The van der Waals surface area contributed by atoms with Crippen LogP contribution in [0, 0.1) is 13.8 Å². The summed E-state index contributed by atoms with van der Waals surface area (Å²) in [7, 11) is 4.53. The molecular weight excluding hydrogens is 360 g/mol. The number of hydrogen-bond donors (Lipinski definition) is 1. The molecule has 0 bridgehead atoms. The number of phenolic OH excluding ortho intramolecular Hbond substituents is 1. The SMILES string of the molecule is CCOc1cc(/C=C/C(=O)c2c(O)c(C)c(OC)c(C)c2OC)ccc1OC. The molecule has 0 fully saturated rings. The summed E-state index contributed by atoms with van der Waals surface area (Å²) in [6, 6.07) is 5.37. The Kier molecular flexibility index (Phi) is 6.93. The van der Waals surface area contributed by atoms with E-state index in [1.165, 1.54) is 20.3 Å². The molecule has 2 aromatic rings. The molecule has 6 heteroatoms. The number of ether oxygens (including phenoxy) is 4. The van der Waals surface area contributed by atoms with Gasteiger partial charge in [0, 0.05) is 11.1 Å². The fourth-order valence-corrected chi connectivity index (χ4v) is 3.08. The summed E-state index contributed by atoms with van der Waals surface area (Å²) >= 11 is 0. The molecule has 0 saturated heterocycles. The van der Waals surface area contributed by atoms with Crippen molar-refractivity contribution >= 4 is 11.9 Å². The van der Waals surface area contributed by atoms with E-state index in [0.717, 1.165) is 5.56 Å². The summed E-state index contributed by atoms with van der Waals surface area (Å²) in [5, 5.41) is 10.5. The van der Waals surface area contributed by atoms with E-state index in [1.54, 1.807) is 39.2 Å². The van der Waals surface area contributed by atoms with Crippen molar-refractivity contribution in [2.24, 2.45) is 0 Å². The van der Waals surface area contributed by atoms with Gasteiger partial charge in [0.15, 0.2) is 17.3 Å². The maximum Gasteiger partial charge on any atom is 0.193 e. The van der Waals surface area contributed by atoms with Gasteiger partial charge in [0.25, 0.3) is 0 Å². The highest BCUT2D eigenvalue weighted by Crippen LogP contribution is 2.42. The highest BCUT2D eigenvalue weighted by molar-refractivity contribution is 6.11. The van der Waals surface area contributed by atoms with E-state index < -0.39 is 0 Å². The van der Waals surface area contributed by atoms with Gasteiger partial charge < -0.3 is 24.1 Å². The third-order valence-corrected chi connectivity index (χ3v) is 4.41. The predicted octanol–water partition coefficient (Wildman–Crippen LogP) is 4.33. The Morgan fingerprint density at radius 1 is 1.00 bits per heavy atom. The third-order valence-electron chi connectivity index (χ3n) is 4.41. The molecule has 0 saturated carbocycles. The molecule has 6 nitrogen and oxygen atoms in total. The molecule has 2 rings (SSSR count). The molecule has 0 amide bonds. The van der Waals surface area contributed by atoms with Crippen LogP contribution in [0.25, 0.3) is 6.08 Å². The molecule has 0 radical (unpaired) electrons. The Morgan fingerprint density at radius 3 is 2.25 bits per heavy atom. The lowest BCUT2D eigenvalue weighted by Gasteiger charge is -2.17. The average Bonchev–Trinajstić information content (AvgIpc) is 2.69. The first-order valence-corrected chi connectivity index (χ1v) is 8.86. The van der Waals surface area contributed by atoms with Crippen molar-refractivity contribution in [3.05, 3.63) is 46.5 Å². The van der Waals surface area contributed by atoms with E-state index >= 15 is 0 Å². The van der Waals surface area contributed by atoms with Crippen molar-refractivity contribution < 1.29 is 28.8 Å². The Labute approximate surface area is 165 Å². The van der Waals surface area contributed by atoms with E-state index in [9.17, 15) is 9.90 Å². The van der Waals surface area contributed by atoms with Crippen molar-refractivity contribution in [2.75, 3.05) is 27.9 Å². The number of aromatic hydroxyl groups is 1. The van der Waals surface area contributed by atoms with Gasteiger partial charge in [0.2, 0.25) is 0 Å². The van der Waals surface area contributed by atoms with Gasteiger partial charge >= 0.3 is 0 Å². The van der Waals surface area contributed by atoms with Gasteiger partial charge in [-0.2, -0.15) is 0 Å². The Hall–Kier alpha value is -3.15. The van der Waals surface area contributed by atoms with Gasteiger partial charge in [-0.15, -0.1) is 0 Å². The molecule has 28 heavy (non-hydrogen) atoms. The summed E-state index contributed by atoms with van der Waals surface area (Å²) in [4.78, 5) is 12.8. The number of carbonyl (C=O) groups excluding carboxylic acids is 1. The van der Waals surface area contributed by atoms with E-state index in [-0.39, 0.29) is 17.1 Å². The molecule has 150 valence electrons. The predicted molar refractivity (Wildman–Crippen MR) is 108 cm³/mol. The lowest BCUT2D eigenvalue weighted by Crippen LogP contribution is -2.05. The first-order valence-electron chi connectivity index (χ1n) is 8.86. The highest BCUT2D eigenvalue weighted by Gasteiger charge is 2.24. The number of allylic oxidation sites excluding steroid dienone is 1. The van der Waals surface area contributed by atoms with Crippen LogP contribution in [0.5, 0.6) is 28.7 Å². The monoisotopic (exact) mass is 386 g/mol. The summed E-state index contributed by atoms with van der Waals surface area (Å²) in [6.45, 7) is 5.86. The Balaban J connectivity index is 2.44. The first-order chi connectivity index (χ1) is 13.4. The van der Waals surface area contributed by atoms with Crippen LogP contribution in [0.4, 0.5) is 0 Å². The normalized spacial score (nSPS) is 10.8. The van der Waals surface area contributed by atoms with Crippen molar-refractivity contribution in [1.29, 1.82) is 0 Å². The zero-order valence-electron chi connectivity index (χ0n) is 17.1. The van der Waals surface area contributed by atoms with Crippen LogP contribution >= 0.6 is 0 Å². The van der Waals surface area contributed by atoms with Crippen LogP contribution in [0.2, 0.25) is 0 Å². The molecule has 0 aromatic heterocycles. The fraction of sp³-hybridized carbons (Fsp3) is 0.318. The summed E-state index contributed by atoms with van der Waals surface area (Å²) in [5.74, 6) is 1.46. The molecule has 0 heterocycles. The first kappa shape index (κ1) is 21.2. The van der Waals surface area contributed by atoms with Crippen molar-refractivity contribution in [3.63, 3.8) is 0 Å². The van der Waals surface area contributed by atoms with Crippen LogP contribution in [-0.4, -0.2) is 38.8 Å². The second-order valence-corrected chi connectivity index (χ2v) is 6.08. The third kappa shape index (κ3) is 4.06. The van der Waals surface area contributed by atoms with Crippen molar-refractivity contribution in [3.8, 4) is 28.7 Å². The minimum atomic E-state index is -0.378. The zero-order chi connectivity index (χ0) is 20.8. The Morgan fingerprint density at radius 2 is 1.68 bits per heavy atom. The standard InChI is InChI=1S/C22H26O6/c1-7-28-18-12-15(9-11-17(18)25-4)8-10-16(23)19-20(24)13(2)21(26-5)14(3)22(19)27-6/h8-12,24H,7H2,1-6H3/b10-8+. The number of phenols is 1. The quantitative estimate of drug-likeness (QED) is 0.538. The van der Waals surface area contributed by atoms with Gasteiger partial charge in [-0.1, -0.05) is 12.1 Å². The molecule has 0 aliphatic rings. The lowest BCUT2D eigenvalue weighted by molar-refractivity contribution is 0.104. The second kappa shape index (κ2) is 9.17. The number of carbonyl (C=O) groups is 1. The molecule has 0 spiro atoms. The number of methoxy groups -OCH3 is 3. The van der Waals surface area contributed by atoms with Gasteiger partial charge in [0.1, 0.15) is 22.8 Å². The molecule has 0 unspecified atom stereocenters. The molecule has 1 N–H and O–H groups in total. The van der Waals surface area contributed by atoms with Crippen LogP contribution in [-0.2, 0) is 0 Å². The second-order valence-electron chi connectivity index (χ2n) is 6.08. The zero-order valence-corrected chi connectivity index (χ0v) is 17.1. The fourth-order valence-electron chi connectivity index (χ4n) is 3.08. The minimum Gasteiger partial charge on any atom is -0.507 e. The van der Waals surface area contributed by atoms with Crippen LogP contribution in [0.15, 0.2) is 24.3 Å². The summed E-state index contributed by atoms with van der Waals surface area (Å²) in [6.07, 6.45) is 3.04. The van der Waals surface area contributed by atoms with Crippen molar-refractivity contribution in [2.45, 2.75) is 20.8 Å². The van der Waals surface area contributed by atoms with Crippen LogP contribution in [0.1, 0.15) is 34.0 Å². The van der Waals surface area contributed by atoms with E-state index in [4.69, 9.17) is 18.9 Å². The number of rotatable bonds is 8. The van der Waals surface area contributed by atoms with Gasteiger partial charge in [-0.3, -0.25) is 4.79 Å². The lowest BCUT2D eigenvalue weighted by atomic mass is 9.98. The number of ketones is 1. The summed E-state index contributed by atoms with van der Waals surface area (Å²) < 4.78 is 21.5. The highest BCUT2D eigenvalue weighted by atomic mass is 16.5. The van der Waals surface area contributed by atoms with Gasteiger partial charge in [-0.25, -0.2) is 0 Å². The maximum atomic E-state index is 12.8. The smallest absolute Gasteiger partial charge is 0.193 e. The Bertz CT molecular complexity index is 899. The van der Waals surface area contributed by atoms with E-state index in [0.29, 0.717) is 40.7 Å². The molecular formula is C22H26O6. The van der Waals surface area contributed by atoms with Gasteiger partial charge in [0.05, 0.1) is 27.9 Å². The van der Waals surface area contributed by atoms with Crippen LogP contribution < -0.4 is 18.9 Å². The summed E-state index contributed by atoms with van der Waals surface area (Å²) in [5.41, 5.74) is 2.01. The van der Waals surface area contributed by atoms with Crippen LogP contribution in [0.3, 0.4) is 0 Å². The van der Waals surface area contributed by atoms with E-state index in [2.05, 4.69) is 0 Å². The molecule has 0 aliphatic carbocycles. The molecule has 0 atom stereocenters. The average molecular weight is 386 g/mol. The maximum absolute atomic E-state index is 12.8. The number of hydrogen-bond acceptors (Lipinski definition) is 6.